The molecule has 0 spiro atoms. The Morgan fingerprint density at radius 1 is 1.41 bits per heavy atom. The van der Waals surface area contributed by atoms with Gasteiger partial charge in [-0.1, -0.05) is 12.1 Å². The van der Waals surface area contributed by atoms with Gasteiger partial charge in [0.1, 0.15) is 0 Å². The van der Waals surface area contributed by atoms with E-state index in [1.807, 2.05) is 0 Å². The molecule has 0 saturated carbocycles. The SMILES string of the molecule is O=C(NCc1cccc(C(F)(F)F)c1)N1CCCC(CO)C1. The van der Waals surface area contributed by atoms with Crippen LogP contribution in [0, 0.1) is 5.92 Å². The highest BCUT2D eigenvalue weighted by molar-refractivity contribution is 5.74. The third-order valence-electron chi connectivity index (χ3n) is 3.76. The second-order valence-corrected chi connectivity index (χ2v) is 5.49. The fraction of sp³-hybridized carbons (Fsp3) is 0.533. The Balaban J connectivity index is 1.91. The molecule has 0 aromatic heterocycles. The van der Waals surface area contributed by atoms with Crippen LogP contribution in [0.1, 0.15) is 24.0 Å². The molecule has 1 fully saturated rings. The maximum Gasteiger partial charge on any atom is 0.416 e. The van der Waals surface area contributed by atoms with E-state index in [-0.39, 0.29) is 25.1 Å². The van der Waals surface area contributed by atoms with Crippen LogP contribution in [0.3, 0.4) is 0 Å². The van der Waals surface area contributed by atoms with Crippen LogP contribution in [0.4, 0.5) is 18.0 Å². The number of rotatable bonds is 3. The molecule has 1 heterocycles. The number of nitrogens with one attached hydrogen (secondary N) is 1. The standard InChI is InChI=1S/C15H19F3N2O2/c16-15(17,18)13-5-1-3-11(7-13)8-19-14(22)20-6-2-4-12(9-20)10-21/h1,3,5,7,12,21H,2,4,6,8-10H2,(H,19,22). The lowest BCUT2D eigenvalue weighted by molar-refractivity contribution is -0.137. The summed E-state index contributed by atoms with van der Waals surface area (Å²) in [5.41, 5.74) is -0.323. The highest BCUT2D eigenvalue weighted by atomic mass is 19.4. The predicted molar refractivity (Wildman–Crippen MR) is 75.1 cm³/mol. The molecule has 1 unspecified atom stereocenters. The van der Waals surface area contributed by atoms with E-state index in [4.69, 9.17) is 5.11 Å². The van der Waals surface area contributed by atoms with Crippen molar-refractivity contribution in [1.82, 2.24) is 10.2 Å². The molecule has 7 heteroatoms. The van der Waals surface area contributed by atoms with Crippen LogP contribution in [0.25, 0.3) is 0 Å². The Bertz CT molecular complexity index is 520. The Hall–Kier alpha value is -1.76. The minimum Gasteiger partial charge on any atom is -0.396 e. The molecule has 0 radical (unpaired) electrons. The Morgan fingerprint density at radius 2 is 2.18 bits per heavy atom. The number of piperidine rings is 1. The summed E-state index contributed by atoms with van der Waals surface area (Å²) in [4.78, 5) is 13.6. The van der Waals surface area contributed by atoms with Gasteiger partial charge in [-0.2, -0.15) is 13.2 Å². The van der Waals surface area contributed by atoms with E-state index in [1.54, 1.807) is 11.0 Å². The maximum absolute atomic E-state index is 12.6. The Morgan fingerprint density at radius 3 is 2.86 bits per heavy atom. The first-order valence-corrected chi connectivity index (χ1v) is 7.20. The Kier molecular flexibility index (Phi) is 5.28. The van der Waals surface area contributed by atoms with Gasteiger partial charge < -0.3 is 15.3 Å². The van der Waals surface area contributed by atoms with Gasteiger partial charge in [-0.25, -0.2) is 4.79 Å². The second-order valence-electron chi connectivity index (χ2n) is 5.49. The van der Waals surface area contributed by atoms with Crippen LogP contribution in [0.15, 0.2) is 24.3 Å². The maximum atomic E-state index is 12.6. The third-order valence-corrected chi connectivity index (χ3v) is 3.76. The first-order valence-electron chi connectivity index (χ1n) is 7.20. The fourth-order valence-electron chi connectivity index (χ4n) is 2.55. The number of aliphatic hydroxyl groups is 1. The quantitative estimate of drug-likeness (QED) is 0.901. The summed E-state index contributed by atoms with van der Waals surface area (Å²) in [6.07, 6.45) is -2.68. The van der Waals surface area contributed by atoms with Gasteiger partial charge in [0.15, 0.2) is 0 Å². The zero-order chi connectivity index (χ0) is 16.2. The topological polar surface area (TPSA) is 52.6 Å². The molecule has 2 rings (SSSR count). The van der Waals surface area contributed by atoms with Gasteiger partial charge >= 0.3 is 12.2 Å². The van der Waals surface area contributed by atoms with Crippen LogP contribution in [0.2, 0.25) is 0 Å². The smallest absolute Gasteiger partial charge is 0.396 e. The number of alkyl halides is 3. The molecular formula is C15H19F3N2O2. The van der Waals surface area contributed by atoms with Crippen LogP contribution < -0.4 is 5.32 Å². The number of nitrogens with zero attached hydrogens (tertiary/aromatic N) is 1. The lowest BCUT2D eigenvalue weighted by Crippen LogP contribution is -2.45. The number of halogens is 3. The normalized spacial score (nSPS) is 19.1. The van der Waals surface area contributed by atoms with E-state index < -0.39 is 11.7 Å². The largest absolute Gasteiger partial charge is 0.416 e. The van der Waals surface area contributed by atoms with Crippen LogP contribution in [-0.4, -0.2) is 35.7 Å². The number of urea groups is 1. The average molecular weight is 316 g/mol. The van der Waals surface area contributed by atoms with Gasteiger partial charge in [0.25, 0.3) is 0 Å². The van der Waals surface area contributed by atoms with Crippen molar-refractivity contribution >= 4 is 6.03 Å². The van der Waals surface area contributed by atoms with Crippen molar-refractivity contribution in [1.29, 1.82) is 0 Å². The number of amides is 2. The molecule has 22 heavy (non-hydrogen) atoms. The van der Waals surface area contributed by atoms with Gasteiger partial charge in [-0.05, 0) is 36.5 Å². The number of carbonyl (C=O) groups excluding carboxylic acids is 1. The molecule has 1 aliphatic heterocycles. The van der Waals surface area contributed by atoms with Crippen molar-refractivity contribution < 1.29 is 23.1 Å². The molecule has 0 aliphatic carbocycles. The van der Waals surface area contributed by atoms with E-state index in [2.05, 4.69) is 5.32 Å². The summed E-state index contributed by atoms with van der Waals surface area (Å²) in [5.74, 6) is 0.0769. The number of carbonyl (C=O) groups is 1. The summed E-state index contributed by atoms with van der Waals surface area (Å²) < 4.78 is 37.9. The molecule has 1 aliphatic rings. The number of hydrogen-bond acceptors (Lipinski definition) is 2. The minimum absolute atomic E-state index is 0.0391. The van der Waals surface area contributed by atoms with Gasteiger partial charge in [0.2, 0.25) is 0 Å². The van der Waals surface area contributed by atoms with Crippen LogP contribution in [0.5, 0.6) is 0 Å². The van der Waals surface area contributed by atoms with Gasteiger partial charge in [-0.3, -0.25) is 0 Å². The van der Waals surface area contributed by atoms with E-state index in [1.165, 1.54) is 6.07 Å². The van der Waals surface area contributed by atoms with Crippen molar-refractivity contribution in [3.63, 3.8) is 0 Å². The number of benzene rings is 1. The average Bonchev–Trinajstić information content (AvgIpc) is 2.52. The number of hydrogen-bond donors (Lipinski definition) is 2. The molecule has 2 N–H and O–H groups in total. The number of likely N-dealkylation sites (tertiary alicyclic amines) is 1. The van der Waals surface area contributed by atoms with E-state index in [0.29, 0.717) is 18.7 Å². The first-order chi connectivity index (χ1) is 10.4. The summed E-state index contributed by atoms with van der Waals surface area (Å²) in [5, 5.41) is 11.8. The molecule has 2 amide bonds. The van der Waals surface area contributed by atoms with E-state index in [0.717, 1.165) is 25.0 Å². The summed E-state index contributed by atoms with van der Waals surface area (Å²) in [6, 6.07) is 4.60. The third kappa shape index (κ3) is 4.37. The lowest BCUT2D eigenvalue weighted by atomic mass is 9.99. The van der Waals surface area contributed by atoms with Crippen molar-refractivity contribution in [3.05, 3.63) is 35.4 Å². The zero-order valence-corrected chi connectivity index (χ0v) is 12.1. The summed E-state index contributed by atoms with van der Waals surface area (Å²) in [7, 11) is 0. The summed E-state index contributed by atoms with van der Waals surface area (Å²) in [6.45, 7) is 1.16. The molecule has 1 aromatic carbocycles. The molecule has 1 aromatic rings. The molecule has 0 bridgehead atoms. The predicted octanol–water partition coefficient (Wildman–Crippen LogP) is 2.62. The molecular weight excluding hydrogens is 297 g/mol. The fourth-order valence-corrected chi connectivity index (χ4v) is 2.55. The van der Waals surface area contributed by atoms with Gasteiger partial charge in [-0.15, -0.1) is 0 Å². The van der Waals surface area contributed by atoms with Crippen molar-refractivity contribution in [2.75, 3.05) is 19.7 Å². The number of aliphatic hydroxyl groups excluding tert-OH is 1. The van der Waals surface area contributed by atoms with Crippen molar-refractivity contribution in [2.45, 2.75) is 25.6 Å². The highest BCUT2D eigenvalue weighted by Crippen LogP contribution is 2.29. The second kappa shape index (κ2) is 7.00. The van der Waals surface area contributed by atoms with Crippen molar-refractivity contribution in [3.8, 4) is 0 Å². The zero-order valence-electron chi connectivity index (χ0n) is 12.1. The lowest BCUT2D eigenvalue weighted by Gasteiger charge is -2.31. The van der Waals surface area contributed by atoms with Gasteiger partial charge in [0, 0.05) is 26.2 Å². The van der Waals surface area contributed by atoms with Crippen molar-refractivity contribution in [2.24, 2.45) is 5.92 Å². The molecule has 1 saturated heterocycles. The molecule has 122 valence electrons. The monoisotopic (exact) mass is 316 g/mol. The minimum atomic E-state index is -4.39. The highest BCUT2D eigenvalue weighted by Gasteiger charge is 2.30. The molecule has 1 atom stereocenters. The molecule has 4 nitrogen and oxygen atoms in total. The van der Waals surface area contributed by atoms with Crippen LogP contribution in [-0.2, 0) is 12.7 Å². The first kappa shape index (κ1) is 16.6. The van der Waals surface area contributed by atoms with E-state index in [9.17, 15) is 18.0 Å². The Labute approximate surface area is 126 Å². The van der Waals surface area contributed by atoms with Gasteiger partial charge in [0.05, 0.1) is 5.56 Å². The van der Waals surface area contributed by atoms with E-state index >= 15 is 0 Å². The summed E-state index contributed by atoms with van der Waals surface area (Å²) >= 11 is 0. The van der Waals surface area contributed by atoms with Crippen LogP contribution >= 0.6 is 0 Å².